The van der Waals surface area contributed by atoms with Gasteiger partial charge in [-0.15, -0.1) is 0 Å². The summed E-state index contributed by atoms with van der Waals surface area (Å²) < 4.78 is 13.4. The molecule has 0 unspecified atom stereocenters. The molecule has 1 aromatic rings. The number of carbonyl (C=O) groups excluding carboxylic acids is 1. The lowest BCUT2D eigenvalue weighted by Gasteiger charge is -2.14. The molecule has 3 nitrogen and oxygen atoms in total. The molecule has 1 aromatic carbocycles. The highest BCUT2D eigenvalue weighted by molar-refractivity contribution is 6.33. The second-order valence-electron chi connectivity index (χ2n) is 4.52. The lowest BCUT2D eigenvalue weighted by molar-refractivity contribution is -0.120. The number of hydrogen-bond donors (Lipinski definition) is 2. The van der Waals surface area contributed by atoms with Gasteiger partial charge in [0.1, 0.15) is 5.82 Å². The Labute approximate surface area is 104 Å². The van der Waals surface area contributed by atoms with Gasteiger partial charge in [-0.3, -0.25) is 4.79 Å². The number of nitrogens with one attached hydrogen (secondary N) is 1. The van der Waals surface area contributed by atoms with Gasteiger partial charge in [0.15, 0.2) is 0 Å². The van der Waals surface area contributed by atoms with E-state index in [1.807, 2.05) is 0 Å². The Morgan fingerprint density at radius 3 is 2.76 bits per heavy atom. The first-order chi connectivity index (χ1) is 7.98. The zero-order valence-electron chi connectivity index (χ0n) is 9.52. The van der Waals surface area contributed by atoms with E-state index in [0.29, 0.717) is 22.8 Å². The van der Waals surface area contributed by atoms with Crippen LogP contribution in [0.3, 0.4) is 0 Å². The minimum atomic E-state index is -0.468. The fourth-order valence-corrected chi connectivity index (χ4v) is 1.94. The quantitative estimate of drug-likeness (QED) is 0.873. The summed E-state index contributed by atoms with van der Waals surface area (Å²) in [5.74, 6) is -0.563. The lowest BCUT2D eigenvalue weighted by atomic mass is 10.1. The van der Waals surface area contributed by atoms with Crippen LogP contribution in [0.1, 0.15) is 18.4 Å². The summed E-state index contributed by atoms with van der Waals surface area (Å²) in [5.41, 5.74) is 5.84. The van der Waals surface area contributed by atoms with E-state index in [2.05, 4.69) is 5.32 Å². The Kier molecular flexibility index (Phi) is 3.10. The van der Waals surface area contributed by atoms with Crippen molar-refractivity contribution in [3.05, 3.63) is 28.5 Å². The molecule has 0 saturated heterocycles. The molecular weight excluding hydrogens is 243 g/mol. The molecule has 2 rings (SSSR count). The Hall–Kier alpha value is -1.13. The fourth-order valence-electron chi connectivity index (χ4n) is 1.67. The van der Waals surface area contributed by atoms with Crippen molar-refractivity contribution in [2.45, 2.75) is 19.8 Å². The average Bonchev–Trinajstić information content (AvgIpc) is 3.06. The van der Waals surface area contributed by atoms with Crippen LogP contribution in [0.4, 0.5) is 10.1 Å². The van der Waals surface area contributed by atoms with Gasteiger partial charge in [-0.2, -0.15) is 0 Å². The van der Waals surface area contributed by atoms with Crippen LogP contribution in [0.25, 0.3) is 0 Å². The fraction of sp³-hybridized carbons (Fsp3) is 0.417. The van der Waals surface area contributed by atoms with Crippen LogP contribution in [0, 0.1) is 18.2 Å². The first-order valence-corrected chi connectivity index (χ1v) is 5.83. The number of amides is 1. The lowest BCUT2D eigenvalue weighted by Crippen LogP contribution is -2.31. The summed E-state index contributed by atoms with van der Waals surface area (Å²) in [6, 6.07) is 2.73. The summed E-state index contributed by atoms with van der Waals surface area (Å²) in [6.45, 7) is 1.93. The van der Waals surface area contributed by atoms with Crippen molar-refractivity contribution >= 4 is 23.2 Å². The smallest absolute Gasteiger partial charge is 0.231 e. The molecule has 92 valence electrons. The molecule has 17 heavy (non-hydrogen) atoms. The largest absolute Gasteiger partial charge is 0.329 e. The maximum absolute atomic E-state index is 13.4. The summed E-state index contributed by atoms with van der Waals surface area (Å²) in [7, 11) is 0. The molecule has 0 radical (unpaired) electrons. The molecule has 1 aliphatic rings. The van der Waals surface area contributed by atoms with Crippen LogP contribution >= 0.6 is 11.6 Å². The molecule has 1 saturated carbocycles. The zero-order chi connectivity index (χ0) is 12.6. The normalized spacial score (nSPS) is 16.7. The third kappa shape index (κ3) is 2.28. The number of aryl methyl sites for hydroxylation is 1. The van der Waals surface area contributed by atoms with E-state index < -0.39 is 5.41 Å². The van der Waals surface area contributed by atoms with Crippen LogP contribution in [0.5, 0.6) is 0 Å². The van der Waals surface area contributed by atoms with E-state index in [9.17, 15) is 9.18 Å². The second kappa shape index (κ2) is 4.27. The molecule has 1 fully saturated rings. The second-order valence-corrected chi connectivity index (χ2v) is 4.93. The van der Waals surface area contributed by atoms with E-state index in [4.69, 9.17) is 17.3 Å². The Bertz CT molecular complexity index is 472. The van der Waals surface area contributed by atoms with Crippen molar-refractivity contribution in [2.75, 3.05) is 11.9 Å². The first-order valence-electron chi connectivity index (χ1n) is 5.46. The highest BCUT2D eigenvalue weighted by Crippen LogP contribution is 2.45. The number of halogens is 2. The highest BCUT2D eigenvalue weighted by Gasteiger charge is 2.48. The molecule has 0 bridgehead atoms. The van der Waals surface area contributed by atoms with Gasteiger partial charge >= 0.3 is 0 Å². The van der Waals surface area contributed by atoms with Crippen LogP contribution in [-0.4, -0.2) is 12.5 Å². The van der Waals surface area contributed by atoms with E-state index in [-0.39, 0.29) is 11.7 Å². The van der Waals surface area contributed by atoms with Crippen LogP contribution in [0.2, 0.25) is 5.02 Å². The number of hydrogen-bond acceptors (Lipinski definition) is 2. The average molecular weight is 257 g/mol. The number of nitrogens with two attached hydrogens (primary N) is 1. The van der Waals surface area contributed by atoms with Gasteiger partial charge in [0, 0.05) is 6.54 Å². The van der Waals surface area contributed by atoms with Crippen molar-refractivity contribution in [2.24, 2.45) is 11.1 Å². The van der Waals surface area contributed by atoms with Crippen molar-refractivity contribution in [3.63, 3.8) is 0 Å². The zero-order valence-corrected chi connectivity index (χ0v) is 10.3. The number of carbonyl (C=O) groups is 1. The molecule has 0 atom stereocenters. The SMILES string of the molecule is Cc1cc(Cl)c(NC(=O)C2(CN)CC2)cc1F. The summed E-state index contributed by atoms with van der Waals surface area (Å²) in [6.07, 6.45) is 1.56. The minimum absolute atomic E-state index is 0.176. The topological polar surface area (TPSA) is 55.1 Å². The van der Waals surface area contributed by atoms with Crippen LogP contribution in [-0.2, 0) is 4.79 Å². The molecule has 0 aliphatic heterocycles. The summed E-state index contributed by atoms with van der Waals surface area (Å²) in [4.78, 5) is 11.9. The van der Waals surface area contributed by atoms with Gasteiger partial charge in [-0.05, 0) is 37.5 Å². The van der Waals surface area contributed by atoms with Gasteiger partial charge in [0.25, 0.3) is 0 Å². The van der Waals surface area contributed by atoms with E-state index in [0.717, 1.165) is 12.8 Å². The minimum Gasteiger partial charge on any atom is -0.329 e. The predicted molar refractivity (Wildman–Crippen MR) is 65.5 cm³/mol. The van der Waals surface area contributed by atoms with Gasteiger partial charge < -0.3 is 11.1 Å². The molecular formula is C12H14ClFN2O. The number of rotatable bonds is 3. The van der Waals surface area contributed by atoms with Crippen molar-refractivity contribution < 1.29 is 9.18 Å². The molecule has 0 aromatic heterocycles. The van der Waals surface area contributed by atoms with Gasteiger partial charge in [0.05, 0.1) is 16.1 Å². The van der Waals surface area contributed by atoms with Crippen LogP contribution in [0.15, 0.2) is 12.1 Å². The molecule has 1 amide bonds. The Balaban J connectivity index is 2.19. The molecule has 3 N–H and O–H groups in total. The van der Waals surface area contributed by atoms with Crippen molar-refractivity contribution in [1.29, 1.82) is 0 Å². The summed E-state index contributed by atoms with van der Waals surface area (Å²) in [5, 5.41) is 2.98. The van der Waals surface area contributed by atoms with Crippen molar-refractivity contribution in [1.82, 2.24) is 0 Å². The number of anilines is 1. The standard InChI is InChI=1S/C12H14ClFN2O/c1-7-4-8(13)10(5-9(7)14)16-11(17)12(6-15)2-3-12/h4-5H,2-3,6,15H2,1H3,(H,16,17). The molecule has 5 heteroatoms. The van der Waals surface area contributed by atoms with Crippen molar-refractivity contribution in [3.8, 4) is 0 Å². The van der Waals surface area contributed by atoms with E-state index in [1.165, 1.54) is 12.1 Å². The van der Waals surface area contributed by atoms with Gasteiger partial charge in [-0.25, -0.2) is 4.39 Å². The van der Waals surface area contributed by atoms with E-state index >= 15 is 0 Å². The predicted octanol–water partition coefficient (Wildman–Crippen LogP) is 2.46. The maximum Gasteiger partial charge on any atom is 0.231 e. The third-order valence-corrected chi connectivity index (χ3v) is 3.54. The Morgan fingerprint density at radius 1 is 1.59 bits per heavy atom. The summed E-state index contributed by atoms with van der Waals surface area (Å²) >= 11 is 5.95. The van der Waals surface area contributed by atoms with Gasteiger partial charge in [-0.1, -0.05) is 11.6 Å². The monoisotopic (exact) mass is 256 g/mol. The Morgan fingerprint density at radius 2 is 2.24 bits per heavy atom. The molecule has 1 aliphatic carbocycles. The van der Waals surface area contributed by atoms with E-state index in [1.54, 1.807) is 6.92 Å². The van der Waals surface area contributed by atoms with Crippen LogP contribution < -0.4 is 11.1 Å². The van der Waals surface area contributed by atoms with Gasteiger partial charge in [0.2, 0.25) is 5.91 Å². The highest BCUT2D eigenvalue weighted by atomic mass is 35.5. The number of benzene rings is 1. The molecule has 0 heterocycles. The molecule has 0 spiro atoms. The maximum atomic E-state index is 13.4. The third-order valence-electron chi connectivity index (χ3n) is 3.22. The first kappa shape index (κ1) is 12.3.